The largest absolute Gasteiger partial charge is 0.506 e. The summed E-state index contributed by atoms with van der Waals surface area (Å²) >= 11 is 0. The number of oxazole rings is 1. The quantitative estimate of drug-likeness (QED) is 0.280. The highest BCUT2D eigenvalue weighted by Crippen LogP contribution is 2.52. The number of nitrogens with zero attached hydrogens (tertiary/aromatic N) is 2. The Labute approximate surface area is 238 Å². The molecule has 9 nitrogen and oxygen atoms in total. The van der Waals surface area contributed by atoms with E-state index in [-0.39, 0.29) is 75.2 Å². The topological polar surface area (TPSA) is 122 Å². The maximum atomic E-state index is 16.1. The average Bonchev–Trinajstić information content (AvgIpc) is 3.13. The van der Waals surface area contributed by atoms with Gasteiger partial charge in [-0.2, -0.15) is 0 Å². The van der Waals surface area contributed by atoms with Crippen LogP contribution in [0.1, 0.15) is 60.9 Å². The third-order valence-corrected chi connectivity index (χ3v) is 9.41. The summed E-state index contributed by atoms with van der Waals surface area (Å²) in [5.41, 5.74) is -0.190. The maximum Gasteiger partial charge on any atom is 0.281 e. The van der Waals surface area contributed by atoms with Crippen molar-refractivity contribution < 1.29 is 31.9 Å². The van der Waals surface area contributed by atoms with Crippen LogP contribution >= 0.6 is 0 Å². The molecule has 2 aliphatic rings. The second kappa shape index (κ2) is 10.4. The summed E-state index contributed by atoms with van der Waals surface area (Å²) in [6.45, 7) is 8.87. The van der Waals surface area contributed by atoms with Crippen LogP contribution in [-0.4, -0.2) is 36.8 Å². The third-order valence-electron chi connectivity index (χ3n) is 7.10. The smallest absolute Gasteiger partial charge is 0.281 e. The van der Waals surface area contributed by atoms with E-state index in [0.717, 1.165) is 0 Å². The minimum atomic E-state index is -4.05. The molecule has 0 aliphatic carbocycles. The summed E-state index contributed by atoms with van der Waals surface area (Å²) in [5, 5.41) is 14.0. The molecule has 41 heavy (non-hydrogen) atoms. The predicted molar refractivity (Wildman–Crippen MR) is 153 cm³/mol. The standard InChI is InChI=1S/C30H32FN3O6S/c1-6-7-13-39-19-11-12-20(21(31)14-19)27-28-22(15-30(4,5)16-41(28,37)38)33-26-23(9-8-10-24(26)35)34(27)29(36)25-17(2)40-18(3)32-25/h6-12,14,27,33,35H,13,15-16H2,1-5H3/b7-6+/t27-/m0/s1. The van der Waals surface area contributed by atoms with Gasteiger partial charge in [-0.05, 0) is 49.9 Å². The lowest BCUT2D eigenvalue weighted by Gasteiger charge is -2.37. The van der Waals surface area contributed by atoms with Gasteiger partial charge in [-0.1, -0.05) is 32.1 Å². The number of carbonyl (C=O) groups is 1. The van der Waals surface area contributed by atoms with Crippen molar-refractivity contribution in [2.45, 2.75) is 47.1 Å². The van der Waals surface area contributed by atoms with Crippen LogP contribution in [0.25, 0.3) is 0 Å². The summed E-state index contributed by atoms with van der Waals surface area (Å²) in [5.74, 6) is -1.16. The highest BCUT2D eigenvalue weighted by Gasteiger charge is 2.48. The minimum Gasteiger partial charge on any atom is -0.506 e. The van der Waals surface area contributed by atoms with Crippen molar-refractivity contribution in [1.82, 2.24) is 4.98 Å². The molecule has 216 valence electrons. The van der Waals surface area contributed by atoms with E-state index in [1.165, 1.54) is 35.2 Å². The molecule has 2 N–H and O–H groups in total. The van der Waals surface area contributed by atoms with Crippen LogP contribution in [0.5, 0.6) is 11.5 Å². The molecule has 0 fully saturated rings. The van der Waals surface area contributed by atoms with Gasteiger partial charge in [-0.25, -0.2) is 17.8 Å². The minimum absolute atomic E-state index is 0.0499. The van der Waals surface area contributed by atoms with E-state index in [1.807, 2.05) is 20.8 Å². The number of aryl methyl sites for hydroxylation is 2. The molecule has 0 unspecified atom stereocenters. The fraction of sp³-hybridized carbons (Fsp3) is 0.333. The number of fused-ring (bicyclic) bond motifs is 1. The van der Waals surface area contributed by atoms with Crippen LogP contribution in [0, 0.1) is 25.1 Å². The number of ether oxygens (including phenoxy) is 1. The Kier molecular flexibility index (Phi) is 7.19. The fourth-order valence-corrected chi connectivity index (χ4v) is 7.87. The maximum absolute atomic E-state index is 16.1. The second-order valence-electron chi connectivity index (χ2n) is 11.0. The first-order valence-corrected chi connectivity index (χ1v) is 14.8. The van der Waals surface area contributed by atoms with Crippen molar-refractivity contribution in [3.05, 3.63) is 87.9 Å². The highest BCUT2D eigenvalue weighted by atomic mass is 32.2. The Morgan fingerprint density at radius 2 is 2.05 bits per heavy atom. The van der Waals surface area contributed by atoms with Crippen LogP contribution in [0.3, 0.4) is 0 Å². The zero-order valence-electron chi connectivity index (χ0n) is 23.5. The van der Waals surface area contributed by atoms with E-state index >= 15 is 4.39 Å². The number of phenolic OH excluding ortho intramolecular Hbond substituents is 1. The number of sulfone groups is 1. The summed E-state index contributed by atoms with van der Waals surface area (Å²) in [4.78, 5) is 19.6. The molecule has 3 heterocycles. The molecule has 1 amide bonds. The number of hydrogen-bond donors (Lipinski definition) is 2. The zero-order valence-corrected chi connectivity index (χ0v) is 24.3. The molecule has 0 saturated heterocycles. The van der Waals surface area contributed by atoms with Crippen molar-refractivity contribution in [1.29, 1.82) is 0 Å². The second-order valence-corrected chi connectivity index (χ2v) is 13.0. The summed E-state index contributed by atoms with van der Waals surface area (Å²) in [7, 11) is -4.05. The summed E-state index contributed by atoms with van der Waals surface area (Å²) in [6.07, 6.45) is 3.85. The predicted octanol–water partition coefficient (Wildman–Crippen LogP) is 5.96. The van der Waals surface area contributed by atoms with Crippen LogP contribution < -0.4 is 15.0 Å². The lowest BCUT2D eigenvalue weighted by molar-refractivity contribution is 0.0974. The summed E-state index contributed by atoms with van der Waals surface area (Å²) < 4.78 is 55.3. The summed E-state index contributed by atoms with van der Waals surface area (Å²) in [6, 6.07) is 7.25. The first-order valence-electron chi connectivity index (χ1n) is 13.2. The molecule has 3 aromatic rings. The zero-order chi connectivity index (χ0) is 29.7. The number of hydrogen-bond acceptors (Lipinski definition) is 8. The van der Waals surface area contributed by atoms with Gasteiger partial charge in [0.25, 0.3) is 5.91 Å². The number of allylic oxidation sites excluding steroid dienone is 2. The number of nitrogens with one attached hydrogen (secondary N) is 1. The van der Waals surface area contributed by atoms with E-state index < -0.39 is 33.0 Å². The van der Waals surface area contributed by atoms with E-state index in [0.29, 0.717) is 0 Å². The van der Waals surface area contributed by atoms with Gasteiger partial charge < -0.3 is 19.6 Å². The van der Waals surface area contributed by atoms with Crippen LogP contribution in [0.4, 0.5) is 15.8 Å². The molecule has 0 saturated carbocycles. The number of carbonyl (C=O) groups excluding carboxylic acids is 1. The normalized spacial score (nSPS) is 19.4. The van der Waals surface area contributed by atoms with Gasteiger partial charge in [-0.15, -0.1) is 0 Å². The van der Waals surface area contributed by atoms with Gasteiger partial charge in [0.15, 0.2) is 21.4 Å². The van der Waals surface area contributed by atoms with Crippen molar-refractivity contribution in [3.8, 4) is 11.5 Å². The van der Waals surface area contributed by atoms with Gasteiger partial charge in [-0.3, -0.25) is 9.69 Å². The van der Waals surface area contributed by atoms with Gasteiger partial charge in [0.05, 0.1) is 16.3 Å². The molecule has 11 heteroatoms. The van der Waals surface area contributed by atoms with Crippen molar-refractivity contribution in [2.75, 3.05) is 22.6 Å². The number of rotatable bonds is 5. The van der Waals surface area contributed by atoms with E-state index in [4.69, 9.17) is 9.15 Å². The molecule has 5 rings (SSSR count). The number of benzene rings is 2. The van der Waals surface area contributed by atoms with E-state index in [2.05, 4.69) is 10.3 Å². The molecule has 0 radical (unpaired) electrons. The van der Waals surface area contributed by atoms with Crippen molar-refractivity contribution >= 4 is 27.1 Å². The van der Waals surface area contributed by atoms with Gasteiger partial charge >= 0.3 is 0 Å². The Morgan fingerprint density at radius 3 is 2.71 bits per heavy atom. The molecule has 1 aromatic heterocycles. The number of halogens is 1. The van der Waals surface area contributed by atoms with Crippen molar-refractivity contribution in [2.24, 2.45) is 5.41 Å². The number of para-hydroxylation sites is 1. The molecule has 2 aliphatic heterocycles. The van der Waals surface area contributed by atoms with Gasteiger partial charge in [0, 0.05) is 24.3 Å². The number of aromatic nitrogens is 1. The van der Waals surface area contributed by atoms with Gasteiger partial charge in [0.1, 0.15) is 41.4 Å². The lowest BCUT2D eigenvalue weighted by Crippen LogP contribution is -2.41. The first-order chi connectivity index (χ1) is 19.3. The van der Waals surface area contributed by atoms with Crippen LogP contribution in [-0.2, 0) is 9.84 Å². The number of anilines is 2. The molecular formula is C30H32FN3O6S. The Bertz CT molecular complexity index is 1710. The van der Waals surface area contributed by atoms with Crippen LogP contribution in [0.2, 0.25) is 0 Å². The highest BCUT2D eigenvalue weighted by molar-refractivity contribution is 7.95. The number of aromatic hydroxyl groups is 1. The van der Waals surface area contributed by atoms with Crippen molar-refractivity contribution in [3.63, 3.8) is 0 Å². The Balaban J connectivity index is 1.82. The van der Waals surface area contributed by atoms with Gasteiger partial charge in [0.2, 0.25) is 0 Å². The fourth-order valence-electron chi connectivity index (χ4n) is 5.51. The Hall–Kier alpha value is -4.12. The Morgan fingerprint density at radius 1 is 1.29 bits per heavy atom. The van der Waals surface area contributed by atoms with E-state index in [1.54, 1.807) is 32.1 Å². The monoisotopic (exact) mass is 581 g/mol. The molecule has 1 atom stereocenters. The van der Waals surface area contributed by atoms with E-state index in [9.17, 15) is 18.3 Å². The molecule has 2 aromatic carbocycles. The lowest BCUT2D eigenvalue weighted by atomic mass is 9.88. The molecule has 0 spiro atoms. The number of amides is 1. The molecule has 0 bridgehead atoms. The average molecular weight is 582 g/mol. The molecular weight excluding hydrogens is 549 g/mol. The number of phenols is 1. The van der Waals surface area contributed by atoms with Crippen LogP contribution in [0.15, 0.2) is 63.6 Å². The third kappa shape index (κ3) is 5.21. The first kappa shape index (κ1) is 28.4. The SMILES string of the molecule is C/C=C/COc1ccc([C@H]2C3=C(CC(C)(C)CS3(=O)=O)Nc3c(O)cccc3N2C(=O)c2nc(C)oc2C)c(F)c1.